The van der Waals surface area contributed by atoms with Crippen LogP contribution in [0.2, 0.25) is 0 Å². The number of nitrogens with zero attached hydrogens (tertiary/aromatic N) is 1. The van der Waals surface area contributed by atoms with Crippen LogP contribution in [-0.4, -0.2) is 67.1 Å². The molecule has 0 aliphatic rings. The van der Waals surface area contributed by atoms with E-state index >= 15 is 0 Å². The molecule has 8 nitrogen and oxygen atoms in total. The first-order valence-corrected chi connectivity index (χ1v) is 11.8. The number of nitrogens with one attached hydrogen (secondary N) is 2. The van der Waals surface area contributed by atoms with Crippen molar-refractivity contribution in [1.29, 1.82) is 0 Å². The van der Waals surface area contributed by atoms with E-state index in [4.69, 9.17) is 4.74 Å². The zero-order valence-electron chi connectivity index (χ0n) is 21.1. The van der Waals surface area contributed by atoms with Gasteiger partial charge in [0, 0.05) is 6.42 Å². The van der Waals surface area contributed by atoms with Gasteiger partial charge < -0.3 is 20.5 Å². The Bertz CT molecular complexity index is 950. The van der Waals surface area contributed by atoms with Crippen molar-refractivity contribution in [3.8, 4) is 0 Å². The Morgan fingerprint density at radius 2 is 1.49 bits per heavy atom. The van der Waals surface area contributed by atoms with E-state index in [1.807, 2.05) is 44.2 Å². The quantitative estimate of drug-likeness (QED) is 0.399. The van der Waals surface area contributed by atoms with E-state index in [-0.39, 0.29) is 18.2 Å². The molecular formula is C27H37N3O5. The fraction of sp³-hybridized carbons (Fsp3) is 0.444. The number of rotatable bonds is 12. The Labute approximate surface area is 207 Å². The highest BCUT2D eigenvalue weighted by atomic mass is 16.5. The van der Waals surface area contributed by atoms with Crippen LogP contribution in [-0.2, 0) is 25.5 Å². The summed E-state index contributed by atoms with van der Waals surface area (Å²) in [6, 6.07) is 15.0. The number of esters is 1. The van der Waals surface area contributed by atoms with Gasteiger partial charge in [-0.25, -0.2) is 4.79 Å². The Kier molecular flexibility index (Phi) is 10.9. The number of benzene rings is 2. The third-order valence-electron chi connectivity index (χ3n) is 5.74. The van der Waals surface area contributed by atoms with Crippen molar-refractivity contribution in [3.63, 3.8) is 0 Å². The van der Waals surface area contributed by atoms with Gasteiger partial charge in [0.1, 0.15) is 18.2 Å². The summed E-state index contributed by atoms with van der Waals surface area (Å²) in [7, 11) is 4.84. The lowest BCUT2D eigenvalue weighted by Crippen LogP contribution is -2.57. The second-order valence-electron chi connectivity index (χ2n) is 9.22. The molecule has 3 N–H and O–H groups in total. The van der Waals surface area contributed by atoms with E-state index in [2.05, 4.69) is 10.6 Å². The third kappa shape index (κ3) is 8.49. The highest BCUT2D eigenvalue weighted by molar-refractivity contribution is 5.92. The van der Waals surface area contributed by atoms with Crippen LogP contribution in [0.25, 0.3) is 0 Å². The summed E-state index contributed by atoms with van der Waals surface area (Å²) in [5, 5.41) is 16.5. The van der Waals surface area contributed by atoms with Crippen molar-refractivity contribution in [3.05, 3.63) is 71.8 Å². The first kappa shape index (κ1) is 28.0. The Morgan fingerprint density at radius 1 is 0.914 bits per heavy atom. The molecule has 4 atom stereocenters. The normalized spacial score (nSPS) is 14.6. The largest absolute Gasteiger partial charge is 0.467 e. The summed E-state index contributed by atoms with van der Waals surface area (Å²) in [5.41, 5.74) is 1.30. The lowest BCUT2D eigenvalue weighted by Gasteiger charge is -2.30. The van der Waals surface area contributed by atoms with E-state index in [1.165, 1.54) is 7.11 Å². The van der Waals surface area contributed by atoms with Crippen molar-refractivity contribution in [2.24, 2.45) is 5.92 Å². The fourth-order valence-corrected chi connectivity index (χ4v) is 3.83. The zero-order valence-corrected chi connectivity index (χ0v) is 21.1. The molecule has 0 saturated carbocycles. The van der Waals surface area contributed by atoms with Crippen molar-refractivity contribution in [2.45, 2.75) is 50.9 Å². The van der Waals surface area contributed by atoms with E-state index in [1.54, 1.807) is 49.3 Å². The average molecular weight is 484 g/mol. The fourth-order valence-electron chi connectivity index (χ4n) is 3.83. The smallest absolute Gasteiger partial charge is 0.328 e. The number of ether oxygens (including phenoxy) is 1. The number of carbonyl (C=O) groups excluding carboxylic acids is 3. The van der Waals surface area contributed by atoms with Gasteiger partial charge in [0.05, 0.1) is 13.2 Å². The summed E-state index contributed by atoms with van der Waals surface area (Å²) < 4.78 is 4.89. The predicted molar refractivity (Wildman–Crippen MR) is 134 cm³/mol. The SMILES string of the molecule is COC(=O)[C@H](Cc1ccccc1)NC(=O)[C@H](NC(=O)[C@H](CC(C)C)N(C)C)[C@@H](O)c1ccccc1. The molecule has 0 aromatic heterocycles. The molecule has 8 heteroatoms. The minimum absolute atomic E-state index is 0.203. The molecule has 0 unspecified atom stereocenters. The zero-order chi connectivity index (χ0) is 26.0. The number of hydrogen-bond donors (Lipinski definition) is 3. The molecule has 190 valence electrons. The van der Waals surface area contributed by atoms with Crippen molar-refractivity contribution >= 4 is 17.8 Å². The van der Waals surface area contributed by atoms with Crippen LogP contribution in [0, 0.1) is 5.92 Å². The molecule has 0 aliphatic heterocycles. The topological polar surface area (TPSA) is 108 Å². The number of amides is 2. The molecular weight excluding hydrogens is 446 g/mol. The van der Waals surface area contributed by atoms with Gasteiger partial charge in [-0.3, -0.25) is 14.5 Å². The monoisotopic (exact) mass is 483 g/mol. The molecule has 0 heterocycles. The van der Waals surface area contributed by atoms with Gasteiger partial charge in [0.2, 0.25) is 11.8 Å². The standard InChI is InChI=1S/C27H37N3O5/c1-18(2)16-22(30(3)4)25(32)29-23(24(31)20-14-10-7-11-15-20)26(33)28-21(27(34)35-5)17-19-12-8-6-9-13-19/h6-15,18,21-24,31H,16-17H2,1-5H3,(H,28,33)(H,29,32)/t21-,22-,23+,24-/m0/s1. The van der Waals surface area contributed by atoms with E-state index in [9.17, 15) is 19.5 Å². The van der Waals surface area contributed by atoms with Gasteiger partial charge in [0.15, 0.2) is 0 Å². The second kappa shape index (κ2) is 13.6. The van der Waals surface area contributed by atoms with E-state index in [0.717, 1.165) is 5.56 Å². The maximum Gasteiger partial charge on any atom is 0.328 e. The van der Waals surface area contributed by atoms with Crippen LogP contribution in [0.3, 0.4) is 0 Å². The number of likely N-dealkylation sites (N-methyl/N-ethyl adjacent to an activating group) is 1. The van der Waals surface area contributed by atoms with Gasteiger partial charge in [-0.15, -0.1) is 0 Å². The highest BCUT2D eigenvalue weighted by Gasteiger charge is 2.35. The highest BCUT2D eigenvalue weighted by Crippen LogP contribution is 2.19. The molecule has 2 rings (SSSR count). The van der Waals surface area contributed by atoms with Crippen LogP contribution in [0.5, 0.6) is 0 Å². The molecule has 0 bridgehead atoms. The van der Waals surface area contributed by atoms with Crippen molar-refractivity contribution in [1.82, 2.24) is 15.5 Å². The first-order chi connectivity index (χ1) is 16.6. The van der Waals surface area contributed by atoms with Gasteiger partial charge in [-0.2, -0.15) is 0 Å². The minimum Gasteiger partial charge on any atom is -0.467 e. The number of carbonyl (C=O) groups is 3. The first-order valence-electron chi connectivity index (χ1n) is 11.8. The molecule has 0 radical (unpaired) electrons. The van der Waals surface area contributed by atoms with Crippen molar-refractivity contribution < 1.29 is 24.2 Å². The van der Waals surface area contributed by atoms with Crippen LogP contribution in [0.4, 0.5) is 0 Å². The molecule has 0 fully saturated rings. The third-order valence-corrected chi connectivity index (χ3v) is 5.74. The molecule has 0 saturated heterocycles. The molecule has 2 aromatic carbocycles. The van der Waals surface area contributed by atoms with Gasteiger partial charge in [0.25, 0.3) is 0 Å². The summed E-state index contributed by atoms with van der Waals surface area (Å²) in [6.45, 7) is 4.02. The van der Waals surface area contributed by atoms with Crippen LogP contribution >= 0.6 is 0 Å². The Hall–Kier alpha value is -3.23. The summed E-state index contributed by atoms with van der Waals surface area (Å²) in [6.07, 6.45) is -0.542. The van der Waals surface area contributed by atoms with Crippen LogP contribution < -0.4 is 10.6 Å². The minimum atomic E-state index is -1.32. The summed E-state index contributed by atoms with van der Waals surface area (Å²) in [4.78, 5) is 40.9. The van der Waals surface area contributed by atoms with Crippen molar-refractivity contribution in [2.75, 3.05) is 21.2 Å². The summed E-state index contributed by atoms with van der Waals surface area (Å²) in [5.74, 6) is -1.43. The second-order valence-corrected chi connectivity index (χ2v) is 9.22. The molecule has 35 heavy (non-hydrogen) atoms. The Morgan fingerprint density at radius 3 is 2.00 bits per heavy atom. The van der Waals surface area contributed by atoms with E-state index < -0.39 is 36.1 Å². The maximum atomic E-state index is 13.4. The number of hydrogen-bond acceptors (Lipinski definition) is 6. The number of methoxy groups -OCH3 is 1. The number of aliphatic hydroxyl groups excluding tert-OH is 1. The Balaban J connectivity index is 2.32. The molecule has 2 amide bonds. The molecule has 2 aromatic rings. The molecule has 0 aliphatic carbocycles. The van der Waals surface area contributed by atoms with Gasteiger partial charge in [-0.05, 0) is 37.6 Å². The van der Waals surface area contributed by atoms with Gasteiger partial charge >= 0.3 is 5.97 Å². The van der Waals surface area contributed by atoms with E-state index in [0.29, 0.717) is 12.0 Å². The van der Waals surface area contributed by atoms with Crippen LogP contribution in [0.1, 0.15) is 37.5 Å². The lowest BCUT2D eigenvalue weighted by atomic mass is 9.98. The number of aliphatic hydroxyl groups is 1. The predicted octanol–water partition coefficient (Wildman–Crippen LogP) is 2.08. The van der Waals surface area contributed by atoms with Crippen LogP contribution in [0.15, 0.2) is 60.7 Å². The lowest BCUT2D eigenvalue weighted by molar-refractivity contribution is -0.146. The summed E-state index contributed by atoms with van der Waals surface area (Å²) >= 11 is 0. The maximum absolute atomic E-state index is 13.4. The average Bonchev–Trinajstić information content (AvgIpc) is 2.85. The molecule has 0 spiro atoms. The van der Waals surface area contributed by atoms with Gasteiger partial charge in [-0.1, -0.05) is 74.5 Å².